The third kappa shape index (κ3) is 3.00. The number of aliphatic hydroxyl groups excluding tert-OH is 1. The van der Waals surface area contributed by atoms with Gasteiger partial charge in [-0.05, 0) is 16.8 Å². The first-order chi connectivity index (χ1) is 10.8. The average Bonchev–Trinajstić information content (AvgIpc) is 2.89. The molecule has 0 fully saturated rings. The minimum atomic E-state index is -0.953. The minimum Gasteiger partial charge on any atom is -0.506 e. The molecule has 0 bridgehead atoms. The number of imidazole rings is 1. The van der Waals surface area contributed by atoms with Gasteiger partial charge in [0.05, 0.1) is 0 Å². The Labute approximate surface area is 130 Å². The Morgan fingerprint density at radius 1 is 1.26 bits per heavy atom. The summed E-state index contributed by atoms with van der Waals surface area (Å²) in [5.74, 6) is -2.85. The van der Waals surface area contributed by atoms with E-state index in [0.29, 0.717) is 0 Å². The number of aromatic nitrogens is 2. The number of nitrogens with zero attached hydrogens (tertiary/aromatic N) is 3. The Morgan fingerprint density at radius 2 is 1.87 bits per heavy atom. The van der Waals surface area contributed by atoms with E-state index < -0.39 is 33.6 Å². The van der Waals surface area contributed by atoms with Crippen LogP contribution in [0.3, 0.4) is 0 Å². The van der Waals surface area contributed by atoms with Gasteiger partial charge in [-0.15, -0.1) is 0 Å². The molecule has 1 heterocycles. The summed E-state index contributed by atoms with van der Waals surface area (Å²) in [7, 11) is 1.39. The van der Waals surface area contributed by atoms with Crippen molar-refractivity contribution in [1.82, 2.24) is 9.55 Å². The fourth-order valence-electron chi connectivity index (χ4n) is 2.11. The lowest BCUT2D eigenvalue weighted by Gasteiger charge is -2.08. The number of allylic oxidation sites excluding steroid dienone is 1. The van der Waals surface area contributed by atoms with Crippen LogP contribution >= 0.6 is 0 Å². The highest BCUT2D eigenvalue weighted by Gasteiger charge is 2.32. The summed E-state index contributed by atoms with van der Waals surface area (Å²) in [6.45, 7) is 1.11. The molecule has 0 radical (unpaired) electrons. The Morgan fingerprint density at radius 3 is 2.39 bits per heavy atom. The normalized spacial score (nSPS) is 11.7. The minimum absolute atomic E-state index is 0.260. The van der Waals surface area contributed by atoms with Crippen molar-refractivity contribution in [3.05, 3.63) is 63.6 Å². The van der Waals surface area contributed by atoms with Gasteiger partial charge in [-0.2, -0.15) is 0 Å². The van der Waals surface area contributed by atoms with E-state index in [-0.39, 0.29) is 11.3 Å². The third-order valence-corrected chi connectivity index (χ3v) is 3.17. The second kappa shape index (κ2) is 6.22. The third-order valence-electron chi connectivity index (χ3n) is 3.17. The van der Waals surface area contributed by atoms with E-state index in [4.69, 9.17) is 0 Å². The fourth-order valence-corrected chi connectivity index (χ4v) is 2.11. The maximum Gasteiger partial charge on any atom is 0.393 e. The Balaban J connectivity index is 2.65. The lowest BCUT2D eigenvalue weighted by Crippen LogP contribution is -2.17. The molecule has 0 spiro atoms. The zero-order chi connectivity index (χ0) is 17.1. The van der Waals surface area contributed by atoms with Crippen LogP contribution in [0.15, 0.2) is 42.2 Å². The van der Waals surface area contributed by atoms with Gasteiger partial charge in [0, 0.05) is 12.6 Å². The maximum atomic E-state index is 12.6. The van der Waals surface area contributed by atoms with Gasteiger partial charge in [-0.3, -0.25) is 9.59 Å². The monoisotopic (exact) mass is 315 g/mol. The molecule has 2 aromatic rings. The predicted molar refractivity (Wildman–Crippen MR) is 80.9 cm³/mol. The van der Waals surface area contributed by atoms with Crippen molar-refractivity contribution in [2.75, 3.05) is 0 Å². The summed E-state index contributed by atoms with van der Waals surface area (Å²) >= 11 is 0. The van der Waals surface area contributed by atoms with Crippen LogP contribution in [0.4, 0.5) is 5.82 Å². The van der Waals surface area contributed by atoms with Crippen LogP contribution in [0.25, 0.3) is 5.76 Å². The van der Waals surface area contributed by atoms with Crippen LogP contribution in [0, 0.1) is 10.1 Å². The first-order valence-corrected chi connectivity index (χ1v) is 6.54. The molecule has 2 rings (SSSR count). The lowest BCUT2D eigenvalue weighted by molar-refractivity contribution is -0.389. The van der Waals surface area contributed by atoms with E-state index in [2.05, 4.69) is 4.98 Å². The first-order valence-electron chi connectivity index (χ1n) is 6.54. The number of rotatable bonds is 5. The molecule has 0 aliphatic heterocycles. The van der Waals surface area contributed by atoms with Gasteiger partial charge in [0.2, 0.25) is 12.1 Å². The van der Waals surface area contributed by atoms with E-state index in [1.54, 1.807) is 18.2 Å². The number of carbonyl (C=O) groups excluding carboxylic acids is 2. The SMILES string of the molecule is CC(=O)/C(C(=O)c1c([N+](=O)[O-])ncn1C)=C(/O)c1ccccc1. The molecule has 118 valence electrons. The van der Waals surface area contributed by atoms with Gasteiger partial charge in [0.15, 0.2) is 11.5 Å². The van der Waals surface area contributed by atoms with Crippen molar-refractivity contribution in [1.29, 1.82) is 0 Å². The fraction of sp³-hybridized carbons (Fsp3) is 0.133. The highest BCUT2D eigenvalue weighted by Crippen LogP contribution is 2.24. The van der Waals surface area contributed by atoms with Crippen molar-refractivity contribution in [2.45, 2.75) is 6.92 Å². The summed E-state index contributed by atoms with van der Waals surface area (Å²) in [6, 6.07) is 7.99. The summed E-state index contributed by atoms with van der Waals surface area (Å²) in [5.41, 5.74) is -0.638. The molecule has 0 atom stereocenters. The highest BCUT2D eigenvalue weighted by atomic mass is 16.6. The molecule has 0 amide bonds. The van der Waals surface area contributed by atoms with Crippen LogP contribution in [0.5, 0.6) is 0 Å². The molecule has 0 aliphatic carbocycles. The van der Waals surface area contributed by atoms with E-state index in [0.717, 1.165) is 17.8 Å². The maximum absolute atomic E-state index is 12.6. The zero-order valence-corrected chi connectivity index (χ0v) is 12.4. The standard InChI is InChI=1S/C15H13N3O5/c1-9(19)11(13(20)10-6-4-3-5-7-10)14(21)12-15(18(22)23)16-8-17(12)2/h3-8,20H,1-2H3/b13-11-. The largest absolute Gasteiger partial charge is 0.506 e. The van der Waals surface area contributed by atoms with E-state index in [1.165, 1.54) is 19.2 Å². The van der Waals surface area contributed by atoms with Crippen molar-refractivity contribution in [2.24, 2.45) is 7.05 Å². The van der Waals surface area contributed by atoms with Crippen molar-refractivity contribution in [3.63, 3.8) is 0 Å². The van der Waals surface area contributed by atoms with Crippen LogP contribution in [0.1, 0.15) is 23.0 Å². The molecule has 0 aliphatic rings. The molecule has 1 N–H and O–H groups in total. The number of ketones is 2. The van der Waals surface area contributed by atoms with Gasteiger partial charge < -0.3 is 19.8 Å². The van der Waals surface area contributed by atoms with Crippen molar-refractivity contribution >= 4 is 23.1 Å². The quantitative estimate of drug-likeness (QED) is 0.172. The summed E-state index contributed by atoms with van der Waals surface area (Å²) in [5, 5.41) is 21.3. The van der Waals surface area contributed by atoms with Crippen LogP contribution in [-0.2, 0) is 11.8 Å². The van der Waals surface area contributed by atoms with Crippen molar-refractivity contribution in [3.8, 4) is 0 Å². The number of carbonyl (C=O) groups is 2. The lowest BCUT2D eigenvalue weighted by atomic mass is 9.99. The molecule has 1 aromatic heterocycles. The van der Waals surface area contributed by atoms with E-state index in [1.807, 2.05) is 0 Å². The van der Waals surface area contributed by atoms with Gasteiger partial charge >= 0.3 is 5.82 Å². The van der Waals surface area contributed by atoms with Gasteiger partial charge in [0.1, 0.15) is 11.3 Å². The van der Waals surface area contributed by atoms with E-state index in [9.17, 15) is 24.8 Å². The summed E-state index contributed by atoms with van der Waals surface area (Å²) in [6.07, 6.45) is 1.10. The number of hydrogen-bond donors (Lipinski definition) is 1. The van der Waals surface area contributed by atoms with E-state index >= 15 is 0 Å². The second-order valence-corrected chi connectivity index (χ2v) is 4.76. The molecule has 0 unspecified atom stereocenters. The number of benzene rings is 1. The molecule has 1 aromatic carbocycles. The van der Waals surface area contributed by atoms with Gasteiger partial charge in [0.25, 0.3) is 0 Å². The number of aryl methyl sites for hydroxylation is 1. The molecule has 0 saturated heterocycles. The topological polar surface area (TPSA) is 115 Å². The highest BCUT2D eigenvalue weighted by molar-refractivity contribution is 6.29. The average molecular weight is 315 g/mol. The van der Waals surface area contributed by atoms with Crippen LogP contribution in [-0.4, -0.2) is 31.1 Å². The summed E-state index contributed by atoms with van der Waals surface area (Å²) < 4.78 is 1.14. The second-order valence-electron chi connectivity index (χ2n) is 4.76. The summed E-state index contributed by atoms with van der Waals surface area (Å²) in [4.78, 5) is 38.2. The number of nitro groups is 1. The van der Waals surface area contributed by atoms with Gasteiger partial charge in [-0.1, -0.05) is 30.3 Å². The van der Waals surface area contributed by atoms with Crippen molar-refractivity contribution < 1.29 is 19.6 Å². The first kappa shape index (κ1) is 16.1. The molecule has 8 heteroatoms. The smallest absolute Gasteiger partial charge is 0.393 e. The number of Topliss-reactive ketones (excluding diaryl/α,β-unsaturated/α-hetero) is 2. The molecule has 0 saturated carbocycles. The number of hydrogen-bond acceptors (Lipinski definition) is 6. The Hall–Kier alpha value is -3.29. The molecular formula is C15H13N3O5. The number of aliphatic hydroxyl groups is 1. The molecule has 8 nitrogen and oxygen atoms in total. The Bertz CT molecular complexity index is 821. The Kier molecular flexibility index (Phi) is 4.35. The molecular weight excluding hydrogens is 302 g/mol. The molecule has 23 heavy (non-hydrogen) atoms. The zero-order valence-electron chi connectivity index (χ0n) is 12.4. The van der Waals surface area contributed by atoms with Crippen LogP contribution in [0.2, 0.25) is 0 Å². The van der Waals surface area contributed by atoms with Crippen LogP contribution < -0.4 is 0 Å². The van der Waals surface area contributed by atoms with Gasteiger partial charge in [-0.25, -0.2) is 0 Å². The predicted octanol–water partition coefficient (Wildman–Crippen LogP) is 2.07.